The SMILES string of the molecule is CC(=O)n1c(=O)n(-c2cccc(C#N)c2)c2c3cc(-c4ccc(Cl)cc4)ccc3ncc21. The number of pyridine rings is 1. The van der Waals surface area contributed by atoms with Crippen LogP contribution in [0.5, 0.6) is 0 Å². The molecule has 0 unspecified atom stereocenters. The monoisotopic (exact) mass is 438 g/mol. The molecule has 2 heterocycles. The Morgan fingerprint density at radius 3 is 2.50 bits per heavy atom. The molecule has 5 rings (SSSR count). The number of fused-ring (bicyclic) bond motifs is 3. The van der Waals surface area contributed by atoms with Crippen LogP contribution in [0.15, 0.2) is 77.7 Å². The molecule has 5 aromatic rings. The van der Waals surface area contributed by atoms with Crippen LogP contribution in [0.1, 0.15) is 17.3 Å². The lowest BCUT2D eigenvalue weighted by molar-refractivity contribution is 0.0937. The fourth-order valence-electron chi connectivity index (χ4n) is 3.95. The Bertz CT molecular complexity index is 1640. The number of hydrogen-bond donors (Lipinski definition) is 0. The number of nitrogens with zero attached hydrogens (tertiary/aromatic N) is 4. The summed E-state index contributed by atoms with van der Waals surface area (Å²) < 4.78 is 2.57. The van der Waals surface area contributed by atoms with Gasteiger partial charge >= 0.3 is 5.69 Å². The number of nitriles is 1. The standard InChI is InChI=1S/C25H15ClN4O2/c1-15(31)29-23-14-28-22-10-7-18(17-5-8-19(26)9-6-17)12-21(22)24(23)30(25(29)32)20-4-2-3-16(11-20)13-27/h2-12,14H,1H3. The normalized spacial score (nSPS) is 11.0. The molecule has 0 fully saturated rings. The molecule has 0 saturated carbocycles. The van der Waals surface area contributed by atoms with E-state index in [1.165, 1.54) is 17.7 Å². The number of hydrogen-bond acceptors (Lipinski definition) is 4. The van der Waals surface area contributed by atoms with E-state index in [0.717, 1.165) is 21.1 Å². The fraction of sp³-hybridized carbons (Fsp3) is 0.0400. The van der Waals surface area contributed by atoms with Gasteiger partial charge < -0.3 is 0 Å². The summed E-state index contributed by atoms with van der Waals surface area (Å²) in [7, 11) is 0. The van der Waals surface area contributed by atoms with E-state index in [0.29, 0.717) is 32.8 Å². The van der Waals surface area contributed by atoms with Crippen molar-refractivity contribution in [2.24, 2.45) is 0 Å². The van der Waals surface area contributed by atoms with Crippen LogP contribution >= 0.6 is 11.6 Å². The first-order chi connectivity index (χ1) is 15.5. The second-order valence-electron chi connectivity index (χ2n) is 7.37. The van der Waals surface area contributed by atoms with Crippen molar-refractivity contribution in [3.8, 4) is 22.9 Å². The van der Waals surface area contributed by atoms with E-state index in [4.69, 9.17) is 11.6 Å². The molecule has 0 spiro atoms. The second-order valence-corrected chi connectivity index (χ2v) is 7.80. The number of rotatable bonds is 2. The van der Waals surface area contributed by atoms with Crippen molar-refractivity contribution in [1.82, 2.24) is 14.1 Å². The third-order valence-electron chi connectivity index (χ3n) is 5.39. The highest BCUT2D eigenvalue weighted by Gasteiger charge is 2.20. The van der Waals surface area contributed by atoms with Gasteiger partial charge in [0.1, 0.15) is 0 Å². The van der Waals surface area contributed by atoms with Gasteiger partial charge in [-0.25, -0.2) is 9.36 Å². The lowest BCUT2D eigenvalue weighted by Crippen LogP contribution is -2.26. The molecule has 0 aliphatic rings. The van der Waals surface area contributed by atoms with Gasteiger partial charge in [0.2, 0.25) is 5.91 Å². The summed E-state index contributed by atoms with van der Waals surface area (Å²) in [5.41, 5.74) is 3.94. The molecule has 32 heavy (non-hydrogen) atoms. The van der Waals surface area contributed by atoms with Crippen LogP contribution in [0.3, 0.4) is 0 Å². The zero-order valence-corrected chi connectivity index (χ0v) is 17.7. The first kappa shape index (κ1) is 19.7. The Labute approximate surface area is 187 Å². The predicted molar refractivity (Wildman–Crippen MR) is 124 cm³/mol. The first-order valence-corrected chi connectivity index (χ1v) is 10.2. The number of imidazole rings is 1. The van der Waals surface area contributed by atoms with Crippen LogP contribution in [-0.2, 0) is 0 Å². The molecule has 7 heteroatoms. The lowest BCUT2D eigenvalue weighted by atomic mass is 10.0. The molecule has 0 amide bonds. The topological polar surface area (TPSA) is 80.7 Å². The molecular formula is C25H15ClN4O2. The molecule has 154 valence electrons. The van der Waals surface area contributed by atoms with Crippen LogP contribution in [0, 0.1) is 11.3 Å². The van der Waals surface area contributed by atoms with Crippen molar-refractivity contribution in [2.45, 2.75) is 6.92 Å². The first-order valence-electron chi connectivity index (χ1n) is 9.81. The van der Waals surface area contributed by atoms with Crippen LogP contribution in [0.4, 0.5) is 0 Å². The summed E-state index contributed by atoms with van der Waals surface area (Å²) in [6.07, 6.45) is 1.53. The summed E-state index contributed by atoms with van der Waals surface area (Å²) in [6.45, 7) is 1.34. The van der Waals surface area contributed by atoms with Crippen LogP contribution in [0.2, 0.25) is 5.02 Å². The number of carbonyl (C=O) groups is 1. The number of benzene rings is 3. The summed E-state index contributed by atoms with van der Waals surface area (Å²) in [4.78, 5) is 30.2. The maximum Gasteiger partial charge on any atom is 0.340 e. The smallest absolute Gasteiger partial charge is 0.274 e. The molecule has 0 aliphatic carbocycles. The van der Waals surface area contributed by atoms with Crippen LogP contribution in [-0.4, -0.2) is 20.0 Å². The zero-order chi connectivity index (χ0) is 22.4. The van der Waals surface area contributed by atoms with Gasteiger partial charge in [-0.05, 0) is 53.6 Å². The molecule has 6 nitrogen and oxygen atoms in total. The molecule has 0 N–H and O–H groups in total. The molecule has 0 bridgehead atoms. The Morgan fingerprint density at radius 1 is 1.03 bits per heavy atom. The molecule has 0 radical (unpaired) electrons. The average Bonchev–Trinajstić information content (AvgIpc) is 3.11. The van der Waals surface area contributed by atoms with Gasteiger partial charge in [-0.3, -0.25) is 14.3 Å². The summed E-state index contributed by atoms with van der Waals surface area (Å²) in [6, 6.07) is 22.1. The van der Waals surface area contributed by atoms with E-state index in [9.17, 15) is 14.9 Å². The third-order valence-corrected chi connectivity index (χ3v) is 5.65. The minimum absolute atomic E-state index is 0.408. The second kappa shape index (κ2) is 7.49. The Morgan fingerprint density at radius 2 is 1.78 bits per heavy atom. The Hall–Kier alpha value is -4.21. The van der Waals surface area contributed by atoms with E-state index >= 15 is 0 Å². The van der Waals surface area contributed by atoms with Gasteiger partial charge in [0.15, 0.2) is 0 Å². The minimum Gasteiger partial charge on any atom is -0.274 e. The summed E-state index contributed by atoms with van der Waals surface area (Å²) in [5, 5.41) is 10.7. The largest absolute Gasteiger partial charge is 0.340 e. The molecule has 0 atom stereocenters. The number of halogens is 1. The van der Waals surface area contributed by atoms with Crippen molar-refractivity contribution >= 4 is 39.4 Å². The van der Waals surface area contributed by atoms with E-state index in [1.54, 1.807) is 24.3 Å². The van der Waals surface area contributed by atoms with E-state index in [1.807, 2.05) is 42.5 Å². The maximum atomic E-state index is 13.3. The van der Waals surface area contributed by atoms with Gasteiger partial charge in [0, 0.05) is 17.3 Å². The van der Waals surface area contributed by atoms with Crippen molar-refractivity contribution in [3.63, 3.8) is 0 Å². The van der Waals surface area contributed by atoms with E-state index in [-0.39, 0.29) is 0 Å². The van der Waals surface area contributed by atoms with E-state index in [2.05, 4.69) is 11.1 Å². The molecule has 0 aliphatic heterocycles. The lowest BCUT2D eigenvalue weighted by Gasteiger charge is -2.08. The summed E-state index contributed by atoms with van der Waals surface area (Å²) in [5.74, 6) is -0.412. The van der Waals surface area contributed by atoms with Gasteiger partial charge in [-0.15, -0.1) is 0 Å². The number of carbonyl (C=O) groups excluding carboxylic acids is 1. The average molecular weight is 439 g/mol. The maximum absolute atomic E-state index is 13.3. The molecule has 0 saturated heterocycles. The predicted octanol–water partition coefficient (Wildman–Crippen LogP) is 5.19. The van der Waals surface area contributed by atoms with Gasteiger partial charge in [-0.2, -0.15) is 5.26 Å². The van der Waals surface area contributed by atoms with Gasteiger partial charge in [0.05, 0.1) is 40.1 Å². The van der Waals surface area contributed by atoms with E-state index < -0.39 is 11.6 Å². The fourth-order valence-corrected chi connectivity index (χ4v) is 4.07. The van der Waals surface area contributed by atoms with Crippen LogP contribution < -0.4 is 5.69 Å². The Balaban J connectivity index is 1.91. The minimum atomic E-state index is -0.506. The van der Waals surface area contributed by atoms with Crippen molar-refractivity contribution < 1.29 is 4.79 Å². The highest BCUT2D eigenvalue weighted by molar-refractivity contribution is 6.30. The summed E-state index contributed by atoms with van der Waals surface area (Å²) >= 11 is 6.03. The zero-order valence-electron chi connectivity index (χ0n) is 16.9. The molecule has 2 aromatic heterocycles. The third kappa shape index (κ3) is 3.08. The van der Waals surface area contributed by atoms with Gasteiger partial charge in [-0.1, -0.05) is 35.9 Å². The van der Waals surface area contributed by atoms with Gasteiger partial charge in [0.25, 0.3) is 0 Å². The molecule has 3 aromatic carbocycles. The highest BCUT2D eigenvalue weighted by Crippen LogP contribution is 2.30. The number of aromatic nitrogens is 3. The quantitative estimate of drug-likeness (QED) is 0.379. The molecular weight excluding hydrogens is 424 g/mol. The Kier molecular flexibility index (Phi) is 4.62. The van der Waals surface area contributed by atoms with Crippen molar-refractivity contribution in [1.29, 1.82) is 5.26 Å². The highest BCUT2D eigenvalue weighted by atomic mass is 35.5. The van der Waals surface area contributed by atoms with Crippen LogP contribution in [0.25, 0.3) is 38.8 Å². The van der Waals surface area contributed by atoms with Crippen molar-refractivity contribution in [3.05, 3.63) is 94.0 Å². The van der Waals surface area contributed by atoms with Crippen molar-refractivity contribution in [2.75, 3.05) is 0 Å².